The number of methoxy groups -OCH3 is 1. The first-order valence-electron chi connectivity index (χ1n) is 9.55. The molecule has 0 aromatic heterocycles. The van der Waals surface area contributed by atoms with Gasteiger partial charge in [-0.1, -0.05) is 17.8 Å². The highest BCUT2D eigenvalue weighted by atomic mass is 32.2. The molecule has 2 N–H and O–H groups in total. The normalized spacial score (nSPS) is 13.8. The number of hydrogen-bond donors (Lipinski definition) is 2. The van der Waals surface area contributed by atoms with Gasteiger partial charge in [-0.15, -0.1) is 0 Å². The molecule has 1 heterocycles. The Balaban J connectivity index is 2.00. The monoisotopic (exact) mass is 477 g/mol. The molecule has 0 saturated heterocycles. The first-order chi connectivity index (χ1) is 15.7. The minimum absolute atomic E-state index is 0.00537. The fourth-order valence-corrected chi connectivity index (χ4v) is 4.08. The van der Waals surface area contributed by atoms with Crippen molar-refractivity contribution in [3.8, 4) is 6.07 Å². The van der Waals surface area contributed by atoms with Crippen LogP contribution >= 0.6 is 11.8 Å². The second-order valence-electron chi connectivity index (χ2n) is 6.87. The van der Waals surface area contributed by atoms with Crippen LogP contribution in [0.4, 0.5) is 18.9 Å². The number of nitrogens with one attached hydrogen (secondary N) is 1. The van der Waals surface area contributed by atoms with Gasteiger partial charge in [0.05, 0.1) is 48.7 Å². The van der Waals surface area contributed by atoms with E-state index in [1.807, 2.05) is 6.07 Å². The van der Waals surface area contributed by atoms with E-state index in [1.165, 1.54) is 35.2 Å². The predicted molar refractivity (Wildman–Crippen MR) is 113 cm³/mol. The summed E-state index contributed by atoms with van der Waals surface area (Å²) in [5.41, 5.74) is -0.364. The van der Waals surface area contributed by atoms with Crippen molar-refractivity contribution in [1.29, 1.82) is 5.26 Å². The summed E-state index contributed by atoms with van der Waals surface area (Å²) in [5.74, 6) is -1.29. The lowest BCUT2D eigenvalue weighted by molar-refractivity contribution is -0.138. The van der Waals surface area contributed by atoms with Gasteiger partial charge in [-0.3, -0.25) is 4.79 Å². The van der Waals surface area contributed by atoms with Gasteiger partial charge in [0.15, 0.2) is 0 Å². The largest absolute Gasteiger partial charge is 0.466 e. The number of aliphatic hydroxyl groups is 1. The lowest BCUT2D eigenvalue weighted by Gasteiger charge is -2.16. The zero-order valence-corrected chi connectivity index (χ0v) is 18.1. The van der Waals surface area contributed by atoms with Gasteiger partial charge in [-0.25, -0.2) is 4.79 Å². The maximum Gasteiger partial charge on any atom is 0.416 e. The number of nitrogens with zero attached hydrogens (tertiary/aromatic N) is 2. The highest BCUT2D eigenvalue weighted by Crippen LogP contribution is 2.38. The molecule has 0 aliphatic carbocycles. The molecule has 172 valence electrons. The highest BCUT2D eigenvalue weighted by molar-refractivity contribution is 7.99. The molecule has 11 heteroatoms. The highest BCUT2D eigenvalue weighted by Gasteiger charge is 2.35. The van der Waals surface area contributed by atoms with Gasteiger partial charge in [0, 0.05) is 16.3 Å². The zero-order chi connectivity index (χ0) is 24.2. The Morgan fingerprint density at radius 3 is 2.70 bits per heavy atom. The van der Waals surface area contributed by atoms with Gasteiger partial charge in [0.1, 0.15) is 5.70 Å². The lowest BCUT2D eigenvalue weighted by Crippen LogP contribution is -2.31. The number of carbonyl (C=O) groups is 2. The van der Waals surface area contributed by atoms with Crippen LogP contribution in [0, 0.1) is 11.3 Å². The Bertz CT molecular complexity index is 1160. The van der Waals surface area contributed by atoms with Crippen LogP contribution in [0.25, 0.3) is 0 Å². The first kappa shape index (κ1) is 24.2. The number of amides is 1. The summed E-state index contributed by atoms with van der Waals surface area (Å²) in [5, 5.41) is 21.3. The predicted octanol–water partition coefficient (Wildman–Crippen LogP) is 3.40. The molecule has 0 fully saturated rings. The third kappa shape index (κ3) is 5.47. The van der Waals surface area contributed by atoms with Crippen molar-refractivity contribution < 1.29 is 32.6 Å². The van der Waals surface area contributed by atoms with Gasteiger partial charge in [0.2, 0.25) is 0 Å². The Kier molecular flexibility index (Phi) is 7.30. The molecule has 0 saturated carbocycles. The van der Waals surface area contributed by atoms with E-state index in [9.17, 15) is 33.1 Å². The van der Waals surface area contributed by atoms with Gasteiger partial charge in [-0.2, -0.15) is 18.4 Å². The van der Waals surface area contributed by atoms with E-state index in [1.54, 1.807) is 0 Å². The number of aliphatic hydroxyl groups excluding tert-OH is 1. The van der Waals surface area contributed by atoms with Gasteiger partial charge < -0.3 is 20.1 Å². The maximum absolute atomic E-state index is 13.1. The van der Waals surface area contributed by atoms with Gasteiger partial charge in [0.25, 0.3) is 5.91 Å². The Labute approximate surface area is 191 Å². The number of carbonyl (C=O) groups excluding carboxylic acids is 2. The smallest absolute Gasteiger partial charge is 0.416 e. The minimum atomic E-state index is -4.50. The van der Waals surface area contributed by atoms with Crippen LogP contribution in [0.1, 0.15) is 11.1 Å². The SMILES string of the molecule is COC(=O)C1=C(Nc2cc(C#N)ccc2Sc2cccc(C(F)(F)F)c2)C(=O)N(CCO)C1. The summed E-state index contributed by atoms with van der Waals surface area (Å²) in [6.07, 6.45) is -4.50. The number of nitriles is 1. The molecule has 1 amide bonds. The molecule has 7 nitrogen and oxygen atoms in total. The van der Waals surface area contributed by atoms with E-state index in [0.29, 0.717) is 9.79 Å². The number of alkyl halides is 3. The number of esters is 1. The van der Waals surface area contributed by atoms with Crippen LogP contribution in [0.15, 0.2) is 63.5 Å². The molecule has 0 atom stereocenters. The van der Waals surface area contributed by atoms with Crippen molar-refractivity contribution in [2.45, 2.75) is 16.0 Å². The second kappa shape index (κ2) is 9.97. The first-order valence-corrected chi connectivity index (χ1v) is 10.4. The number of ether oxygens (including phenoxy) is 1. The quantitative estimate of drug-likeness (QED) is 0.590. The number of hydrogen-bond acceptors (Lipinski definition) is 7. The van der Waals surface area contributed by atoms with E-state index >= 15 is 0 Å². The third-order valence-corrected chi connectivity index (χ3v) is 5.78. The summed E-state index contributed by atoms with van der Waals surface area (Å²) in [7, 11) is 1.16. The molecular formula is C22H18F3N3O4S. The molecule has 0 bridgehead atoms. The fraction of sp³-hybridized carbons (Fsp3) is 0.227. The number of anilines is 1. The summed E-state index contributed by atoms with van der Waals surface area (Å²) < 4.78 is 44.0. The Morgan fingerprint density at radius 1 is 1.30 bits per heavy atom. The average molecular weight is 477 g/mol. The number of β-amino-alcohol motifs (C(OH)–C–C–N with tert-alkyl or cyclic N) is 1. The number of benzene rings is 2. The number of halogens is 3. The molecule has 0 unspecified atom stereocenters. The van der Waals surface area contributed by atoms with E-state index in [2.05, 4.69) is 5.32 Å². The molecule has 1 aliphatic heterocycles. The van der Waals surface area contributed by atoms with Crippen LogP contribution in [-0.4, -0.2) is 48.7 Å². The fourth-order valence-electron chi connectivity index (χ4n) is 3.13. The van der Waals surface area contributed by atoms with Crippen LogP contribution < -0.4 is 5.32 Å². The number of rotatable bonds is 7. The van der Waals surface area contributed by atoms with Crippen LogP contribution in [0.3, 0.4) is 0 Å². The van der Waals surface area contributed by atoms with Crippen molar-refractivity contribution in [1.82, 2.24) is 4.90 Å². The summed E-state index contributed by atoms with van der Waals surface area (Å²) in [4.78, 5) is 27.0. The summed E-state index contributed by atoms with van der Waals surface area (Å²) in [6.45, 7) is -0.398. The van der Waals surface area contributed by atoms with E-state index in [4.69, 9.17) is 4.74 Å². The minimum Gasteiger partial charge on any atom is -0.466 e. The van der Waals surface area contributed by atoms with Crippen molar-refractivity contribution in [3.63, 3.8) is 0 Å². The van der Waals surface area contributed by atoms with Crippen molar-refractivity contribution in [2.75, 3.05) is 32.1 Å². The molecule has 33 heavy (non-hydrogen) atoms. The lowest BCUT2D eigenvalue weighted by atomic mass is 10.2. The summed E-state index contributed by atoms with van der Waals surface area (Å²) >= 11 is 0.999. The van der Waals surface area contributed by atoms with E-state index in [0.717, 1.165) is 31.0 Å². The van der Waals surface area contributed by atoms with Crippen LogP contribution in [0.2, 0.25) is 0 Å². The van der Waals surface area contributed by atoms with Gasteiger partial charge >= 0.3 is 12.1 Å². The zero-order valence-electron chi connectivity index (χ0n) is 17.3. The second-order valence-corrected chi connectivity index (χ2v) is 7.99. The van der Waals surface area contributed by atoms with E-state index in [-0.39, 0.29) is 42.2 Å². The third-order valence-electron chi connectivity index (χ3n) is 4.71. The van der Waals surface area contributed by atoms with Gasteiger partial charge in [-0.05, 0) is 36.4 Å². The molecule has 2 aromatic carbocycles. The standard InChI is InChI=1S/C22H18F3N3O4S/c1-32-21(31)16-12-28(7-8-29)20(30)19(16)27-17-9-13(11-26)5-6-18(17)33-15-4-2-3-14(10-15)22(23,24)25/h2-6,9-10,27,29H,7-8,12H2,1H3. The average Bonchev–Trinajstić information content (AvgIpc) is 3.09. The van der Waals surface area contributed by atoms with Crippen molar-refractivity contribution >= 4 is 29.3 Å². The van der Waals surface area contributed by atoms with Crippen molar-refractivity contribution in [2.24, 2.45) is 0 Å². The van der Waals surface area contributed by atoms with E-state index < -0.39 is 23.6 Å². The Hall–Kier alpha value is -3.49. The molecule has 0 radical (unpaired) electrons. The molecule has 3 rings (SSSR count). The Morgan fingerprint density at radius 2 is 2.06 bits per heavy atom. The maximum atomic E-state index is 13.1. The molecule has 0 spiro atoms. The topological polar surface area (TPSA) is 103 Å². The van der Waals surface area contributed by atoms with Crippen LogP contribution in [0.5, 0.6) is 0 Å². The molecule has 1 aliphatic rings. The molecule has 2 aromatic rings. The van der Waals surface area contributed by atoms with Crippen LogP contribution in [-0.2, 0) is 20.5 Å². The molecular weight excluding hydrogens is 459 g/mol. The summed E-state index contributed by atoms with van der Waals surface area (Å²) in [6, 6.07) is 11.2. The van der Waals surface area contributed by atoms with Crippen molar-refractivity contribution in [3.05, 3.63) is 64.9 Å².